The molecule has 1 aliphatic carbocycles. The minimum atomic E-state index is -0.408. The van der Waals surface area contributed by atoms with Crippen LogP contribution in [0.4, 0.5) is 0 Å². The van der Waals surface area contributed by atoms with Crippen LogP contribution in [0.1, 0.15) is 29.6 Å². The Balaban J connectivity index is 1.90. The molecule has 19 heavy (non-hydrogen) atoms. The summed E-state index contributed by atoms with van der Waals surface area (Å²) in [4.78, 5) is 22.9. The van der Waals surface area contributed by atoms with Crippen molar-refractivity contribution in [3.63, 3.8) is 0 Å². The lowest BCUT2D eigenvalue weighted by Gasteiger charge is -2.08. The molecule has 0 fully saturated rings. The first-order valence-electron chi connectivity index (χ1n) is 6.25. The molecular formula is C15H16O4. The van der Waals surface area contributed by atoms with Crippen molar-refractivity contribution in [3.8, 4) is 5.75 Å². The summed E-state index contributed by atoms with van der Waals surface area (Å²) < 4.78 is 9.81. The van der Waals surface area contributed by atoms with Gasteiger partial charge in [-0.2, -0.15) is 0 Å². The van der Waals surface area contributed by atoms with E-state index >= 15 is 0 Å². The number of hydrogen-bond donors (Lipinski definition) is 0. The largest absolute Gasteiger partial charge is 0.465 e. The third kappa shape index (κ3) is 3.68. The van der Waals surface area contributed by atoms with Crippen LogP contribution in [0.25, 0.3) is 0 Å². The maximum Gasteiger partial charge on any atom is 0.337 e. The van der Waals surface area contributed by atoms with E-state index in [2.05, 4.69) is 16.9 Å². The van der Waals surface area contributed by atoms with Gasteiger partial charge in [-0.3, -0.25) is 4.79 Å². The van der Waals surface area contributed by atoms with E-state index in [-0.39, 0.29) is 5.97 Å². The van der Waals surface area contributed by atoms with Gasteiger partial charge in [0.15, 0.2) is 0 Å². The highest BCUT2D eigenvalue weighted by Gasteiger charge is 2.15. The summed E-state index contributed by atoms with van der Waals surface area (Å²) in [5.41, 5.74) is 0.432. The van der Waals surface area contributed by atoms with Gasteiger partial charge in [0.1, 0.15) is 5.75 Å². The summed E-state index contributed by atoms with van der Waals surface area (Å²) in [6, 6.07) is 6.33. The minimum Gasteiger partial charge on any atom is -0.465 e. The lowest BCUT2D eigenvalue weighted by atomic mass is 10.1. The molecule has 0 spiro atoms. The molecule has 0 heterocycles. The number of allylic oxidation sites excluding steroid dienone is 2. The summed E-state index contributed by atoms with van der Waals surface area (Å²) in [6.45, 7) is 0. The van der Waals surface area contributed by atoms with E-state index in [1.54, 1.807) is 24.3 Å². The normalized spacial score (nSPS) is 17.2. The highest BCUT2D eigenvalue weighted by Crippen LogP contribution is 2.21. The molecule has 1 atom stereocenters. The molecule has 0 saturated heterocycles. The number of benzene rings is 1. The Morgan fingerprint density at radius 1 is 1.26 bits per heavy atom. The Bertz CT molecular complexity index is 487. The van der Waals surface area contributed by atoms with Crippen LogP contribution in [0.2, 0.25) is 0 Å². The molecule has 0 bridgehead atoms. The van der Waals surface area contributed by atoms with Crippen LogP contribution in [-0.2, 0) is 9.53 Å². The van der Waals surface area contributed by atoms with Crippen molar-refractivity contribution in [1.29, 1.82) is 0 Å². The molecule has 2 rings (SSSR count). The number of ether oxygens (including phenoxy) is 2. The number of carbonyl (C=O) groups excluding carboxylic acids is 2. The average Bonchev–Trinajstić information content (AvgIpc) is 2.91. The smallest absolute Gasteiger partial charge is 0.337 e. The Labute approximate surface area is 112 Å². The van der Waals surface area contributed by atoms with Gasteiger partial charge in [0.2, 0.25) is 0 Å². The summed E-state index contributed by atoms with van der Waals surface area (Å²) in [5, 5.41) is 0. The number of methoxy groups -OCH3 is 1. The molecule has 0 aliphatic heterocycles. The van der Waals surface area contributed by atoms with E-state index in [1.807, 2.05) is 0 Å². The lowest BCUT2D eigenvalue weighted by Crippen LogP contribution is -2.12. The third-order valence-electron chi connectivity index (χ3n) is 3.05. The summed E-state index contributed by atoms with van der Waals surface area (Å²) in [5.74, 6) is 0.0813. The van der Waals surface area contributed by atoms with Crippen molar-refractivity contribution in [2.45, 2.75) is 19.3 Å². The van der Waals surface area contributed by atoms with Gasteiger partial charge < -0.3 is 9.47 Å². The summed E-state index contributed by atoms with van der Waals surface area (Å²) >= 11 is 0. The lowest BCUT2D eigenvalue weighted by molar-refractivity contribution is -0.135. The molecule has 100 valence electrons. The third-order valence-corrected chi connectivity index (χ3v) is 3.05. The molecule has 0 amide bonds. The fraction of sp³-hybridized carbons (Fsp3) is 0.333. The highest BCUT2D eigenvalue weighted by molar-refractivity contribution is 5.89. The topological polar surface area (TPSA) is 52.6 Å². The van der Waals surface area contributed by atoms with Crippen LogP contribution < -0.4 is 4.74 Å². The van der Waals surface area contributed by atoms with Gasteiger partial charge >= 0.3 is 11.9 Å². The molecule has 0 radical (unpaired) electrons. The highest BCUT2D eigenvalue weighted by atomic mass is 16.5. The molecule has 1 unspecified atom stereocenters. The van der Waals surface area contributed by atoms with Crippen molar-refractivity contribution >= 4 is 11.9 Å². The molecule has 0 aromatic heterocycles. The second-order valence-corrected chi connectivity index (χ2v) is 4.46. The zero-order valence-corrected chi connectivity index (χ0v) is 10.8. The average molecular weight is 260 g/mol. The van der Waals surface area contributed by atoms with Gasteiger partial charge in [-0.05, 0) is 43.0 Å². The van der Waals surface area contributed by atoms with Crippen molar-refractivity contribution < 1.29 is 19.1 Å². The first kappa shape index (κ1) is 13.3. The summed E-state index contributed by atoms with van der Waals surface area (Å²) in [7, 11) is 1.32. The minimum absolute atomic E-state index is 0.248. The van der Waals surface area contributed by atoms with Crippen molar-refractivity contribution in [3.05, 3.63) is 42.0 Å². The van der Waals surface area contributed by atoms with E-state index < -0.39 is 5.97 Å². The molecule has 4 heteroatoms. The first-order valence-corrected chi connectivity index (χ1v) is 6.25. The molecule has 0 N–H and O–H groups in total. The monoisotopic (exact) mass is 260 g/mol. The van der Waals surface area contributed by atoms with Gasteiger partial charge in [-0.25, -0.2) is 4.79 Å². The number of hydrogen-bond acceptors (Lipinski definition) is 4. The van der Waals surface area contributed by atoms with E-state index in [1.165, 1.54) is 7.11 Å². The summed E-state index contributed by atoms with van der Waals surface area (Å²) in [6.07, 6.45) is 6.59. The van der Waals surface area contributed by atoms with Gasteiger partial charge in [-0.1, -0.05) is 12.2 Å². The van der Waals surface area contributed by atoms with Gasteiger partial charge in [0.25, 0.3) is 0 Å². The fourth-order valence-electron chi connectivity index (χ4n) is 2.03. The maximum atomic E-state index is 11.7. The van der Waals surface area contributed by atoms with E-state index in [4.69, 9.17) is 4.74 Å². The van der Waals surface area contributed by atoms with Gasteiger partial charge in [0.05, 0.1) is 19.1 Å². The molecular weight excluding hydrogens is 244 g/mol. The van der Waals surface area contributed by atoms with E-state index in [0.29, 0.717) is 23.7 Å². The van der Waals surface area contributed by atoms with E-state index in [0.717, 1.165) is 12.8 Å². The van der Waals surface area contributed by atoms with E-state index in [9.17, 15) is 9.59 Å². The molecule has 4 nitrogen and oxygen atoms in total. The van der Waals surface area contributed by atoms with Crippen LogP contribution in [-0.4, -0.2) is 19.0 Å². The Morgan fingerprint density at radius 2 is 2.00 bits per heavy atom. The van der Waals surface area contributed by atoms with Gasteiger partial charge in [-0.15, -0.1) is 0 Å². The second-order valence-electron chi connectivity index (χ2n) is 4.46. The van der Waals surface area contributed by atoms with Crippen LogP contribution in [0.3, 0.4) is 0 Å². The zero-order chi connectivity index (χ0) is 13.7. The SMILES string of the molecule is COC(=O)c1ccc(OC(=O)CC2C=CCC2)cc1. The fourth-order valence-corrected chi connectivity index (χ4v) is 2.03. The molecule has 1 aliphatic rings. The van der Waals surface area contributed by atoms with Crippen molar-refractivity contribution in [1.82, 2.24) is 0 Å². The predicted molar refractivity (Wildman–Crippen MR) is 69.9 cm³/mol. The maximum absolute atomic E-state index is 11.7. The number of carbonyl (C=O) groups is 2. The first-order chi connectivity index (χ1) is 9.19. The molecule has 0 saturated carbocycles. The Hall–Kier alpha value is -2.10. The van der Waals surface area contributed by atoms with Crippen LogP contribution in [0.5, 0.6) is 5.75 Å². The quantitative estimate of drug-likeness (QED) is 0.474. The molecule has 1 aromatic carbocycles. The van der Waals surface area contributed by atoms with Crippen LogP contribution in [0, 0.1) is 5.92 Å². The number of esters is 2. The molecule has 1 aromatic rings. The van der Waals surface area contributed by atoms with Crippen LogP contribution in [0.15, 0.2) is 36.4 Å². The standard InChI is InChI=1S/C15H16O4/c1-18-15(17)12-6-8-13(9-7-12)19-14(16)10-11-4-2-3-5-11/h2,4,6-9,11H,3,5,10H2,1H3. The Morgan fingerprint density at radius 3 is 2.58 bits per heavy atom. The second kappa shape index (κ2) is 6.18. The van der Waals surface area contributed by atoms with Gasteiger partial charge in [0, 0.05) is 0 Å². The number of rotatable bonds is 4. The Kier molecular flexibility index (Phi) is 4.34. The van der Waals surface area contributed by atoms with Crippen molar-refractivity contribution in [2.75, 3.05) is 7.11 Å². The van der Waals surface area contributed by atoms with Crippen molar-refractivity contribution in [2.24, 2.45) is 5.92 Å². The van der Waals surface area contributed by atoms with Crippen LogP contribution >= 0.6 is 0 Å². The zero-order valence-electron chi connectivity index (χ0n) is 10.8. The predicted octanol–water partition coefficient (Wildman–Crippen LogP) is 2.73.